The molecule has 1 aromatic carbocycles. The number of benzene rings is 1. The van der Waals surface area contributed by atoms with Gasteiger partial charge in [0, 0.05) is 23.1 Å². The number of nitrogen functional groups attached to an aromatic ring is 1. The number of nitrogens with zero attached hydrogens (tertiary/aromatic N) is 1. The van der Waals surface area contributed by atoms with Crippen LogP contribution in [0.4, 0.5) is 10.5 Å². The highest BCUT2D eigenvalue weighted by molar-refractivity contribution is 9.10. The van der Waals surface area contributed by atoms with E-state index in [2.05, 4.69) is 15.9 Å². The number of ether oxygens (including phenoxy) is 1. The minimum absolute atomic E-state index is 0.00887. The first kappa shape index (κ1) is 18.8. The quantitative estimate of drug-likeness (QED) is 0.785. The van der Waals surface area contributed by atoms with Crippen LogP contribution in [-0.2, 0) is 16.0 Å². The second-order valence-corrected chi connectivity index (χ2v) is 8.09. The Morgan fingerprint density at radius 1 is 1.33 bits per heavy atom. The van der Waals surface area contributed by atoms with Gasteiger partial charge in [0.25, 0.3) is 0 Å². The van der Waals surface area contributed by atoms with Crippen LogP contribution in [0.3, 0.4) is 0 Å². The molecule has 2 N–H and O–H groups in total. The number of nitrogens with two attached hydrogens (primary N) is 1. The molecular formula is C18H25BrN2O3. The Morgan fingerprint density at radius 2 is 2.04 bits per heavy atom. The Balaban J connectivity index is 2.11. The third-order valence-corrected chi connectivity index (χ3v) is 4.47. The molecule has 1 heterocycles. The van der Waals surface area contributed by atoms with Crippen LogP contribution in [0.15, 0.2) is 22.7 Å². The highest BCUT2D eigenvalue weighted by Crippen LogP contribution is 2.24. The number of amides is 1. The van der Waals surface area contributed by atoms with Gasteiger partial charge in [-0.1, -0.05) is 22.0 Å². The Kier molecular flexibility index (Phi) is 5.91. The van der Waals surface area contributed by atoms with E-state index in [1.165, 1.54) is 0 Å². The van der Waals surface area contributed by atoms with Gasteiger partial charge in [-0.15, -0.1) is 0 Å². The maximum Gasteiger partial charge on any atom is 0.410 e. The van der Waals surface area contributed by atoms with Crippen LogP contribution in [0, 0.1) is 0 Å². The van der Waals surface area contributed by atoms with Crippen molar-refractivity contribution in [2.24, 2.45) is 0 Å². The van der Waals surface area contributed by atoms with Gasteiger partial charge in [-0.3, -0.25) is 9.69 Å². The maximum atomic E-state index is 12.8. The molecule has 132 valence electrons. The zero-order valence-corrected chi connectivity index (χ0v) is 16.1. The molecule has 1 atom stereocenters. The van der Waals surface area contributed by atoms with Gasteiger partial charge in [0.15, 0.2) is 5.78 Å². The summed E-state index contributed by atoms with van der Waals surface area (Å²) >= 11 is 3.36. The number of piperidine rings is 1. The number of halogens is 1. The van der Waals surface area contributed by atoms with Crippen LogP contribution in [0.25, 0.3) is 0 Å². The van der Waals surface area contributed by atoms with Crippen molar-refractivity contribution in [3.05, 3.63) is 28.2 Å². The van der Waals surface area contributed by atoms with Crippen LogP contribution < -0.4 is 5.73 Å². The predicted molar refractivity (Wildman–Crippen MR) is 97.8 cm³/mol. The van der Waals surface area contributed by atoms with Gasteiger partial charge in [0.2, 0.25) is 0 Å². The third-order valence-electron chi connectivity index (χ3n) is 3.98. The van der Waals surface area contributed by atoms with E-state index in [1.807, 2.05) is 32.9 Å². The summed E-state index contributed by atoms with van der Waals surface area (Å²) in [7, 11) is 0. The number of rotatable bonds is 3. The lowest BCUT2D eigenvalue weighted by atomic mass is 9.94. The summed E-state index contributed by atoms with van der Waals surface area (Å²) < 4.78 is 6.33. The summed E-state index contributed by atoms with van der Waals surface area (Å²) in [6, 6.07) is 5.06. The Labute approximate surface area is 151 Å². The molecule has 6 heteroatoms. The van der Waals surface area contributed by atoms with Crippen LogP contribution in [0.1, 0.15) is 45.6 Å². The standard InChI is InChI=1S/C18H25BrN2O3/c1-18(2,3)24-17(23)21-9-5-4-6-15(21)16(22)10-12-7-8-13(19)11-14(12)20/h7-8,11,15H,4-6,9-10,20H2,1-3H3/t15-/m0/s1. The normalized spacial score (nSPS) is 18.3. The highest BCUT2D eigenvalue weighted by atomic mass is 79.9. The van der Waals surface area contributed by atoms with Crippen molar-refractivity contribution in [1.29, 1.82) is 0 Å². The summed E-state index contributed by atoms with van der Waals surface area (Å²) in [6.07, 6.45) is 2.32. The fraction of sp³-hybridized carbons (Fsp3) is 0.556. The van der Waals surface area contributed by atoms with E-state index in [1.54, 1.807) is 11.0 Å². The maximum absolute atomic E-state index is 12.8. The van der Waals surface area contributed by atoms with E-state index in [0.29, 0.717) is 18.7 Å². The molecule has 1 saturated heterocycles. The average Bonchev–Trinajstić information content (AvgIpc) is 2.48. The van der Waals surface area contributed by atoms with Crippen LogP contribution in [-0.4, -0.2) is 35.0 Å². The van der Waals surface area contributed by atoms with Crippen molar-refractivity contribution in [1.82, 2.24) is 4.90 Å². The zero-order chi connectivity index (χ0) is 17.9. The van der Waals surface area contributed by atoms with Gasteiger partial charge < -0.3 is 10.5 Å². The number of anilines is 1. The minimum atomic E-state index is -0.571. The molecule has 24 heavy (non-hydrogen) atoms. The summed E-state index contributed by atoms with van der Waals surface area (Å²) in [4.78, 5) is 26.8. The number of likely N-dealkylation sites (tertiary alicyclic amines) is 1. The lowest BCUT2D eigenvalue weighted by Crippen LogP contribution is -2.50. The Bertz CT molecular complexity index is 625. The topological polar surface area (TPSA) is 72.6 Å². The van der Waals surface area contributed by atoms with Gasteiger partial charge in [-0.25, -0.2) is 4.79 Å². The first-order valence-electron chi connectivity index (χ1n) is 8.23. The summed E-state index contributed by atoms with van der Waals surface area (Å²) in [6.45, 7) is 6.04. The largest absolute Gasteiger partial charge is 0.444 e. The number of hydrogen-bond acceptors (Lipinski definition) is 4. The van der Waals surface area contributed by atoms with Crippen LogP contribution in [0.5, 0.6) is 0 Å². The van der Waals surface area contributed by atoms with Gasteiger partial charge in [-0.2, -0.15) is 0 Å². The van der Waals surface area contributed by atoms with Crippen LogP contribution >= 0.6 is 15.9 Å². The molecule has 0 aromatic heterocycles. The van der Waals surface area contributed by atoms with Crippen molar-refractivity contribution in [2.45, 2.75) is 58.1 Å². The average molecular weight is 397 g/mol. The zero-order valence-electron chi connectivity index (χ0n) is 14.5. The monoisotopic (exact) mass is 396 g/mol. The minimum Gasteiger partial charge on any atom is -0.444 e. The molecule has 0 unspecified atom stereocenters. The molecule has 1 aromatic rings. The molecular weight excluding hydrogens is 372 g/mol. The molecule has 5 nitrogen and oxygen atoms in total. The molecule has 0 aliphatic carbocycles. The first-order valence-corrected chi connectivity index (χ1v) is 9.03. The smallest absolute Gasteiger partial charge is 0.410 e. The van der Waals surface area contributed by atoms with Gasteiger partial charge in [0.1, 0.15) is 5.60 Å². The number of hydrogen-bond donors (Lipinski definition) is 1. The lowest BCUT2D eigenvalue weighted by molar-refractivity contribution is -0.124. The van der Waals surface area contributed by atoms with E-state index in [4.69, 9.17) is 10.5 Å². The lowest BCUT2D eigenvalue weighted by Gasteiger charge is -2.36. The van der Waals surface area contributed by atoms with E-state index < -0.39 is 17.7 Å². The van der Waals surface area contributed by atoms with Gasteiger partial charge >= 0.3 is 6.09 Å². The molecule has 1 aliphatic heterocycles. The number of carbonyl (C=O) groups excluding carboxylic acids is 2. The van der Waals surface area contributed by atoms with E-state index in [-0.39, 0.29) is 12.2 Å². The van der Waals surface area contributed by atoms with Crippen molar-refractivity contribution < 1.29 is 14.3 Å². The van der Waals surface area contributed by atoms with E-state index in [0.717, 1.165) is 22.9 Å². The predicted octanol–water partition coefficient (Wildman–Crippen LogP) is 3.93. The fourth-order valence-corrected chi connectivity index (χ4v) is 3.22. The third kappa shape index (κ3) is 4.97. The SMILES string of the molecule is CC(C)(C)OC(=O)N1CCCC[C@H]1C(=O)Cc1ccc(Br)cc1N. The second kappa shape index (κ2) is 7.55. The van der Waals surface area contributed by atoms with Gasteiger partial charge in [-0.05, 0) is 57.7 Å². The molecule has 2 rings (SSSR count). The second-order valence-electron chi connectivity index (χ2n) is 7.17. The molecule has 0 spiro atoms. The van der Waals surface area contributed by atoms with Crippen molar-refractivity contribution in [2.75, 3.05) is 12.3 Å². The van der Waals surface area contributed by atoms with Crippen molar-refractivity contribution in [3.63, 3.8) is 0 Å². The summed E-state index contributed by atoms with van der Waals surface area (Å²) in [5.74, 6) is 0.00887. The molecule has 0 saturated carbocycles. The molecule has 1 amide bonds. The number of Topliss-reactive ketones (excluding diaryl/α,β-unsaturated/α-hetero) is 1. The molecule has 1 fully saturated rings. The number of carbonyl (C=O) groups is 2. The van der Waals surface area contributed by atoms with Crippen LogP contribution in [0.2, 0.25) is 0 Å². The molecule has 1 aliphatic rings. The molecule has 0 radical (unpaired) electrons. The van der Waals surface area contributed by atoms with Gasteiger partial charge in [0.05, 0.1) is 6.04 Å². The highest BCUT2D eigenvalue weighted by Gasteiger charge is 2.34. The van der Waals surface area contributed by atoms with Crippen molar-refractivity contribution in [3.8, 4) is 0 Å². The first-order chi connectivity index (χ1) is 11.2. The Morgan fingerprint density at radius 3 is 2.67 bits per heavy atom. The van der Waals surface area contributed by atoms with Crippen molar-refractivity contribution >= 4 is 33.5 Å². The van der Waals surface area contributed by atoms with E-state index in [9.17, 15) is 9.59 Å². The summed E-state index contributed by atoms with van der Waals surface area (Å²) in [5, 5.41) is 0. The number of ketones is 1. The Hall–Kier alpha value is -1.56. The summed E-state index contributed by atoms with van der Waals surface area (Å²) in [5.41, 5.74) is 6.79. The van der Waals surface area contributed by atoms with E-state index >= 15 is 0 Å². The molecule has 0 bridgehead atoms. The fourth-order valence-electron chi connectivity index (χ4n) is 2.84.